The monoisotopic (exact) mass is 477 g/mol. The standard InChI is InChI=1S/C35H27NO/c36-35(37)33-12-6-5-11-29(33)32-20-14-23-8-2-4-10-28(23)34(32)25-16-17-27-24(21-25)15-19-30-26-9-3-1-7-22(26)13-18-31(27)30/h2,4-6,8,10-21H,1,3,7,9H2,(H2,36,37). The van der Waals surface area contributed by atoms with E-state index in [-0.39, 0.29) is 0 Å². The van der Waals surface area contributed by atoms with Crippen molar-refractivity contribution in [3.63, 3.8) is 0 Å². The fourth-order valence-electron chi connectivity index (χ4n) is 6.30. The summed E-state index contributed by atoms with van der Waals surface area (Å²) >= 11 is 0. The van der Waals surface area contributed by atoms with Crippen molar-refractivity contribution in [3.05, 3.63) is 120 Å². The Balaban J connectivity index is 1.49. The minimum atomic E-state index is -0.414. The number of primary amides is 1. The number of rotatable bonds is 3. The summed E-state index contributed by atoms with van der Waals surface area (Å²) in [7, 11) is 0. The van der Waals surface area contributed by atoms with Crippen LogP contribution < -0.4 is 5.73 Å². The molecule has 0 unspecified atom stereocenters. The number of hydrogen-bond donors (Lipinski definition) is 1. The zero-order valence-electron chi connectivity index (χ0n) is 20.6. The van der Waals surface area contributed by atoms with Gasteiger partial charge in [0.2, 0.25) is 5.91 Å². The van der Waals surface area contributed by atoms with E-state index in [2.05, 4.69) is 78.9 Å². The minimum Gasteiger partial charge on any atom is -0.366 e. The average Bonchev–Trinajstić information content (AvgIpc) is 2.95. The summed E-state index contributed by atoms with van der Waals surface area (Å²) in [5.41, 5.74) is 13.5. The molecule has 0 atom stereocenters. The number of benzene rings is 6. The van der Waals surface area contributed by atoms with Gasteiger partial charge in [0, 0.05) is 5.56 Å². The Labute approximate surface area is 216 Å². The fourth-order valence-corrected chi connectivity index (χ4v) is 6.30. The van der Waals surface area contributed by atoms with E-state index < -0.39 is 5.91 Å². The van der Waals surface area contributed by atoms with Crippen molar-refractivity contribution in [1.29, 1.82) is 0 Å². The van der Waals surface area contributed by atoms with Crippen molar-refractivity contribution in [2.75, 3.05) is 0 Å². The van der Waals surface area contributed by atoms with Crippen molar-refractivity contribution in [3.8, 4) is 22.3 Å². The highest BCUT2D eigenvalue weighted by atomic mass is 16.1. The first kappa shape index (κ1) is 21.8. The Morgan fingerprint density at radius 1 is 0.595 bits per heavy atom. The second-order valence-electron chi connectivity index (χ2n) is 10.1. The largest absolute Gasteiger partial charge is 0.366 e. The van der Waals surface area contributed by atoms with Crippen LogP contribution in [-0.2, 0) is 12.8 Å². The third-order valence-corrected chi connectivity index (χ3v) is 8.05. The topological polar surface area (TPSA) is 43.1 Å². The van der Waals surface area contributed by atoms with Gasteiger partial charge in [-0.05, 0) is 104 Å². The van der Waals surface area contributed by atoms with E-state index in [0.717, 1.165) is 27.6 Å². The highest BCUT2D eigenvalue weighted by molar-refractivity contribution is 6.12. The molecule has 0 bridgehead atoms. The van der Waals surface area contributed by atoms with Gasteiger partial charge >= 0.3 is 0 Å². The van der Waals surface area contributed by atoms with Crippen LogP contribution in [-0.4, -0.2) is 5.91 Å². The van der Waals surface area contributed by atoms with Gasteiger partial charge in [0.1, 0.15) is 0 Å². The molecule has 0 aliphatic heterocycles. The fraction of sp³-hybridized carbons (Fsp3) is 0.114. The van der Waals surface area contributed by atoms with Gasteiger partial charge in [-0.2, -0.15) is 0 Å². The molecule has 1 amide bonds. The van der Waals surface area contributed by atoms with Crippen LogP contribution >= 0.6 is 0 Å². The molecule has 0 heterocycles. The molecule has 0 radical (unpaired) electrons. The highest BCUT2D eigenvalue weighted by Crippen LogP contribution is 2.41. The summed E-state index contributed by atoms with van der Waals surface area (Å²) in [4.78, 5) is 12.3. The van der Waals surface area contributed by atoms with Crippen LogP contribution in [0.2, 0.25) is 0 Å². The molecule has 0 fully saturated rings. The molecule has 1 aliphatic rings. The van der Waals surface area contributed by atoms with Gasteiger partial charge in [0.25, 0.3) is 0 Å². The van der Waals surface area contributed by atoms with Crippen molar-refractivity contribution >= 4 is 38.2 Å². The lowest BCUT2D eigenvalue weighted by Crippen LogP contribution is -2.12. The summed E-state index contributed by atoms with van der Waals surface area (Å²) in [5.74, 6) is -0.414. The van der Waals surface area contributed by atoms with Gasteiger partial charge in [-0.1, -0.05) is 91.0 Å². The Morgan fingerprint density at radius 3 is 2.27 bits per heavy atom. The van der Waals surface area contributed by atoms with E-state index in [1.165, 1.54) is 63.7 Å². The third kappa shape index (κ3) is 3.52. The maximum absolute atomic E-state index is 12.3. The highest BCUT2D eigenvalue weighted by Gasteiger charge is 2.18. The average molecular weight is 478 g/mol. The lowest BCUT2D eigenvalue weighted by molar-refractivity contribution is 0.100. The number of hydrogen-bond acceptors (Lipinski definition) is 1. The molecule has 6 aromatic carbocycles. The number of carbonyl (C=O) groups excluding carboxylic acids is 1. The molecule has 0 aromatic heterocycles. The Morgan fingerprint density at radius 2 is 1.35 bits per heavy atom. The number of amides is 1. The van der Waals surface area contributed by atoms with E-state index in [0.29, 0.717) is 5.56 Å². The maximum atomic E-state index is 12.3. The summed E-state index contributed by atoms with van der Waals surface area (Å²) in [5, 5.41) is 7.58. The van der Waals surface area contributed by atoms with Crippen LogP contribution in [0.15, 0.2) is 103 Å². The van der Waals surface area contributed by atoms with E-state index in [9.17, 15) is 4.79 Å². The van der Waals surface area contributed by atoms with E-state index in [4.69, 9.17) is 5.73 Å². The van der Waals surface area contributed by atoms with E-state index in [1.54, 1.807) is 0 Å². The van der Waals surface area contributed by atoms with Gasteiger partial charge in [-0.25, -0.2) is 0 Å². The molecule has 0 spiro atoms. The van der Waals surface area contributed by atoms with Gasteiger partial charge in [0.05, 0.1) is 0 Å². The van der Waals surface area contributed by atoms with E-state index >= 15 is 0 Å². The molecular formula is C35H27NO. The normalized spacial score (nSPS) is 13.2. The molecule has 0 saturated carbocycles. The van der Waals surface area contributed by atoms with Crippen LogP contribution in [0.5, 0.6) is 0 Å². The van der Waals surface area contributed by atoms with Crippen molar-refractivity contribution in [1.82, 2.24) is 0 Å². The van der Waals surface area contributed by atoms with Crippen LogP contribution in [0.1, 0.15) is 34.3 Å². The molecule has 7 rings (SSSR count). The van der Waals surface area contributed by atoms with Gasteiger partial charge in [-0.15, -0.1) is 0 Å². The summed E-state index contributed by atoms with van der Waals surface area (Å²) < 4.78 is 0. The van der Waals surface area contributed by atoms with Crippen molar-refractivity contribution in [2.24, 2.45) is 5.73 Å². The van der Waals surface area contributed by atoms with Gasteiger partial charge < -0.3 is 5.73 Å². The summed E-state index contributed by atoms with van der Waals surface area (Å²) in [6, 6.07) is 36.4. The molecular weight excluding hydrogens is 450 g/mol. The molecule has 1 aliphatic carbocycles. The second kappa shape index (κ2) is 8.60. The lowest BCUT2D eigenvalue weighted by Gasteiger charge is -2.19. The first-order valence-corrected chi connectivity index (χ1v) is 13.1. The molecule has 178 valence electrons. The predicted molar refractivity (Wildman–Crippen MR) is 155 cm³/mol. The van der Waals surface area contributed by atoms with Crippen molar-refractivity contribution < 1.29 is 4.79 Å². The molecule has 6 aromatic rings. The van der Waals surface area contributed by atoms with Gasteiger partial charge in [-0.3, -0.25) is 4.79 Å². The molecule has 2 nitrogen and oxygen atoms in total. The number of fused-ring (bicyclic) bond motifs is 6. The zero-order valence-corrected chi connectivity index (χ0v) is 20.6. The molecule has 37 heavy (non-hydrogen) atoms. The summed E-state index contributed by atoms with van der Waals surface area (Å²) in [6.45, 7) is 0. The van der Waals surface area contributed by atoms with Gasteiger partial charge in [0.15, 0.2) is 0 Å². The molecule has 0 saturated heterocycles. The number of aryl methyl sites for hydroxylation is 2. The zero-order chi connectivity index (χ0) is 24.9. The maximum Gasteiger partial charge on any atom is 0.249 e. The first-order valence-electron chi connectivity index (χ1n) is 13.1. The molecule has 2 heteroatoms. The van der Waals surface area contributed by atoms with Crippen LogP contribution in [0.25, 0.3) is 54.6 Å². The molecule has 2 N–H and O–H groups in total. The van der Waals surface area contributed by atoms with Crippen LogP contribution in [0.4, 0.5) is 0 Å². The van der Waals surface area contributed by atoms with Crippen molar-refractivity contribution in [2.45, 2.75) is 25.7 Å². The second-order valence-corrected chi connectivity index (χ2v) is 10.1. The number of carbonyl (C=O) groups is 1. The smallest absolute Gasteiger partial charge is 0.249 e. The quantitative estimate of drug-likeness (QED) is 0.255. The minimum absolute atomic E-state index is 0.414. The third-order valence-electron chi connectivity index (χ3n) is 8.05. The van der Waals surface area contributed by atoms with Crippen LogP contribution in [0, 0.1) is 0 Å². The van der Waals surface area contributed by atoms with E-state index in [1.807, 2.05) is 24.3 Å². The van der Waals surface area contributed by atoms with Crippen LogP contribution in [0.3, 0.4) is 0 Å². The lowest BCUT2D eigenvalue weighted by atomic mass is 9.85. The number of nitrogens with two attached hydrogens (primary N) is 1. The predicted octanol–water partition coefficient (Wildman–Crippen LogP) is 8.46. The first-order chi connectivity index (χ1) is 18.2. The Bertz CT molecular complexity index is 1860. The Hall–Kier alpha value is -4.43. The Kier molecular flexibility index (Phi) is 5.07. The SMILES string of the molecule is NC(=O)c1ccccc1-c1ccc2ccccc2c1-c1ccc2c(ccc3c4c(ccc32)CCCC4)c1. The summed E-state index contributed by atoms with van der Waals surface area (Å²) in [6.07, 6.45) is 4.94.